The summed E-state index contributed by atoms with van der Waals surface area (Å²) >= 11 is 0. The molecule has 0 aromatic rings. The van der Waals surface area contributed by atoms with Gasteiger partial charge in [0, 0.05) is 12.8 Å². The first kappa shape index (κ1) is 15.3. The quantitative estimate of drug-likeness (QED) is 0.370. The summed E-state index contributed by atoms with van der Waals surface area (Å²) in [4.78, 5) is 21.0. The summed E-state index contributed by atoms with van der Waals surface area (Å²) in [5.74, 6) is 0.186. The van der Waals surface area contributed by atoms with Gasteiger partial charge < -0.3 is 0 Å². The van der Waals surface area contributed by atoms with Crippen molar-refractivity contribution in [1.82, 2.24) is 0 Å². The fourth-order valence-electron chi connectivity index (χ4n) is 1.75. The zero-order valence-corrected chi connectivity index (χ0v) is 10.5. The van der Waals surface area contributed by atoms with Gasteiger partial charge in [0.2, 0.25) is 0 Å². The highest BCUT2D eigenvalue weighted by Gasteiger charge is 2.01. The summed E-state index contributed by atoms with van der Waals surface area (Å²) in [6.07, 6.45) is 10.9. The number of ketones is 1. The lowest BCUT2D eigenvalue weighted by atomic mass is 10.1. The molecule has 0 fully saturated rings. The maximum atomic E-state index is 11.2. The van der Waals surface area contributed by atoms with Gasteiger partial charge in [0.1, 0.15) is 5.78 Å². The van der Waals surface area contributed by atoms with E-state index in [1.165, 1.54) is 38.5 Å². The van der Waals surface area contributed by atoms with E-state index in [1.807, 2.05) is 0 Å². The van der Waals surface area contributed by atoms with E-state index in [4.69, 9.17) is 0 Å². The zero-order valence-electron chi connectivity index (χ0n) is 10.5. The number of carbonyl (C=O) groups is 1. The Balaban J connectivity index is 3.08. The Morgan fingerprint density at radius 1 is 0.875 bits per heavy atom. The summed E-state index contributed by atoms with van der Waals surface area (Å²) in [5, 5.41) is 2.69. The number of unbranched alkanes of at least 4 members (excludes halogenated alkanes) is 7. The van der Waals surface area contributed by atoms with Crippen LogP contribution >= 0.6 is 0 Å². The van der Waals surface area contributed by atoms with Crippen LogP contribution in [0, 0.1) is 4.91 Å². The van der Waals surface area contributed by atoms with Gasteiger partial charge in [0.25, 0.3) is 0 Å². The van der Waals surface area contributed by atoms with Gasteiger partial charge in [0.05, 0.1) is 6.54 Å². The van der Waals surface area contributed by atoms with E-state index in [-0.39, 0.29) is 12.3 Å². The third kappa shape index (κ3) is 11.3. The minimum atomic E-state index is 0.149. The van der Waals surface area contributed by atoms with Gasteiger partial charge in [-0.05, 0) is 6.42 Å². The molecule has 94 valence electrons. The second-order valence-corrected chi connectivity index (χ2v) is 4.37. The number of carbonyl (C=O) groups excluding carboxylic acids is 1. The normalized spacial score (nSPS) is 10.3. The van der Waals surface area contributed by atoms with Crippen molar-refractivity contribution in [2.24, 2.45) is 5.18 Å². The van der Waals surface area contributed by atoms with Gasteiger partial charge in [-0.2, -0.15) is 4.91 Å². The number of hydrogen-bond acceptors (Lipinski definition) is 3. The molecule has 0 saturated carbocycles. The molecule has 0 spiro atoms. The molecule has 3 nitrogen and oxygen atoms in total. The molecule has 3 heteroatoms. The highest BCUT2D eigenvalue weighted by atomic mass is 16.3. The van der Waals surface area contributed by atoms with Gasteiger partial charge in [-0.1, -0.05) is 57.0 Å². The van der Waals surface area contributed by atoms with Crippen LogP contribution in [-0.2, 0) is 4.79 Å². The molecule has 0 atom stereocenters. The molecule has 0 aromatic carbocycles. The van der Waals surface area contributed by atoms with E-state index in [2.05, 4.69) is 12.1 Å². The van der Waals surface area contributed by atoms with Crippen molar-refractivity contribution < 1.29 is 4.79 Å². The average Bonchev–Trinajstić information content (AvgIpc) is 2.30. The topological polar surface area (TPSA) is 46.5 Å². The maximum absolute atomic E-state index is 11.2. The molecule has 0 amide bonds. The molecule has 0 unspecified atom stereocenters. The van der Waals surface area contributed by atoms with Crippen LogP contribution < -0.4 is 0 Å². The van der Waals surface area contributed by atoms with E-state index in [1.54, 1.807) is 0 Å². The van der Waals surface area contributed by atoms with Gasteiger partial charge in [-0.15, -0.1) is 0 Å². The Hall–Kier alpha value is -0.730. The van der Waals surface area contributed by atoms with Crippen molar-refractivity contribution in [3.8, 4) is 0 Å². The fraction of sp³-hybridized carbons (Fsp3) is 0.923. The van der Waals surface area contributed by atoms with Crippen LogP contribution in [0.15, 0.2) is 5.18 Å². The largest absolute Gasteiger partial charge is 0.300 e. The summed E-state index contributed by atoms with van der Waals surface area (Å²) < 4.78 is 0. The fourth-order valence-corrected chi connectivity index (χ4v) is 1.75. The van der Waals surface area contributed by atoms with Crippen molar-refractivity contribution in [1.29, 1.82) is 0 Å². The van der Waals surface area contributed by atoms with Crippen LogP contribution in [0.4, 0.5) is 0 Å². The van der Waals surface area contributed by atoms with Gasteiger partial charge in [0.15, 0.2) is 0 Å². The maximum Gasteiger partial charge on any atom is 0.134 e. The first-order valence-corrected chi connectivity index (χ1v) is 6.62. The lowest BCUT2D eigenvalue weighted by Gasteiger charge is -2.01. The molecule has 0 heterocycles. The van der Waals surface area contributed by atoms with E-state index in [0.717, 1.165) is 12.8 Å². The molecule has 0 N–H and O–H groups in total. The van der Waals surface area contributed by atoms with Crippen LogP contribution in [0.1, 0.15) is 71.1 Å². The number of hydrogen-bond donors (Lipinski definition) is 0. The average molecular weight is 227 g/mol. The summed E-state index contributed by atoms with van der Waals surface area (Å²) in [5.41, 5.74) is 0. The predicted molar refractivity (Wildman–Crippen MR) is 67.5 cm³/mol. The predicted octanol–water partition coefficient (Wildman–Crippen LogP) is 4.24. The molecular formula is C13H25NO2. The highest BCUT2D eigenvalue weighted by molar-refractivity contribution is 5.78. The monoisotopic (exact) mass is 227 g/mol. The third-order valence-corrected chi connectivity index (χ3v) is 2.79. The van der Waals surface area contributed by atoms with Crippen LogP contribution in [0.25, 0.3) is 0 Å². The molecule has 0 aromatic heterocycles. The second-order valence-electron chi connectivity index (χ2n) is 4.37. The molecule has 0 aliphatic rings. The Kier molecular flexibility index (Phi) is 11.8. The van der Waals surface area contributed by atoms with Crippen molar-refractivity contribution in [3.05, 3.63) is 4.91 Å². The van der Waals surface area contributed by atoms with Crippen molar-refractivity contribution in [2.45, 2.75) is 71.1 Å². The number of Topliss-reactive ketones (excluding diaryl/α,β-unsaturated/α-hetero) is 1. The molecule has 0 aliphatic heterocycles. The van der Waals surface area contributed by atoms with Crippen molar-refractivity contribution >= 4 is 5.78 Å². The van der Waals surface area contributed by atoms with Crippen LogP contribution in [-0.4, -0.2) is 12.3 Å². The van der Waals surface area contributed by atoms with E-state index < -0.39 is 0 Å². The SMILES string of the molecule is CCCCCCCCCCC(=O)CCN=O. The van der Waals surface area contributed by atoms with Crippen molar-refractivity contribution in [3.63, 3.8) is 0 Å². The second kappa shape index (κ2) is 12.3. The van der Waals surface area contributed by atoms with Crippen LogP contribution in [0.3, 0.4) is 0 Å². The van der Waals surface area contributed by atoms with E-state index in [9.17, 15) is 9.70 Å². The number of nitrogens with zero attached hydrogens (tertiary/aromatic N) is 1. The molecule has 0 saturated heterocycles. The Morgan fingerprint density at radius 3 is 2.00 bits per heavy atom. The number of nitroso groups, excluding NO2 is 1. The number of rotatable bonds is 12. The lowest BCUT2D eigenvalue weighted by molar-refractivity contribution is -0.119. The highest BCUT2D eigenvalue weighted by Crippen LogP contribution is 2.10. The zero-order chi connectivity index (χ0) is 12.1. The summed E-state index contributed by atoms with van der Waals surface area (Å²) in [6, 6.07) is 0. The minimum absolute atomic E-state index is 0.149. The van der Waals surface area contributed by atoms with E-state index >= 15 is 0 Å². The Bertz CT molecular complexity index is 181. The Morgan fingerprint density at radius 2 is 1.44 bits per heavy atom. The first-order chi connectivity index (χ1) is 7.81. The van der Waals surface area contributed by atoms with E-state index in [0.29, 0.717) is 12.8 Å². The smallest absolute Gasteiger partial charge is 0.134 e. The minimum Gasteiger partial charge on any atom is -0.300 e. The molecule has 0 rings (SSSR count). The molecule has 0 bridgehead atoms. The molecule has 16 heavy (non-hydrogen) atoms. The van der Waals surface area contributed by atoms with Crippen molar-refractivity contribution in [2.75, 3.05) is 6.54 Å². The van der Waals surface area contributed by atoms with Gasteiger partial charge in [-0.3, -0.25) is 4.79 Å². The first-order valence-electron chi connectivity index (χ1n) is 6.62. The molecular weight excluding hydrogens is 202 g/mol. The van der Waals surface area contributed by atoms with Gasteiger partial charge >= 0.3 is 0 Å². The molecule has 0 radical (unpaired) electrons. The summed E-state index contributed by atoms with van der Waals surface area (Å²) in [7, 11) is 0. The standard InChI is InChI=1S/C13H25NO2/c1-2-3-4-5-6-7-8-9-10-13(15)11-12-14-16/h2-12H2,1H3. The molecule has 0 aliphatic carbocycles. The van der Waals surface area contributed by atoms with Gasteiger partial charge in [-0.25, -0.2) is 0 Å². The van der Waals surface area contributed by atoms with Crippen LogP contribution in [0.5, 0.6) is 0 Å². The summed E-state index contributed by atoms with van der Waals surface area (Å²) in [6.45, 7) is 2.37. The van der Waals surface area contributed by atoms with Crippen LogP contribution in [0.2, 0.25) is 0 Å². The third-order valence-electron chi connectivity index (χ3n) is 2.79. The lowest BCUT2D eigenvalue weighted by Crippen LogP contribution is -1.99. The Labute approximate surface area is 99.0 Å².